The lowest BCUT2D eigenvalue weighted by atomic mass is 10.1. The molecule has 4 N–H and O–H groups in total. The number of carbonyl (C=O) groups excluding carboxylic acids is 1. The maximum absolute atomic E-state index is 11.4. The Morgan fingerprint density at radius 3 is 2.43 bits per heavy atom. The average Bonchev–Trinajstić information content (AvgIpc) is 2.40. The monoisotopic (exact) mass is 368 g/mol. The smallest absolute Gasteiger partial charge is 0.335 e. The number of rotatable bonds is 4. The number of nitrogens with one attached hydrogen (secondary N) is 1. The molecule has 5 nitrogen and oxygen atoms in total. The molecule has 0 fully saturated rings. The standard InChI is InChI=1S/C14H10BrClN2O3/c15-10-5-7(14(20)21)1-4-11(10)18-12-6-8(16)2-3-9(12)13(17)19/h1-6,18H,(H2,17,19)(H,20,21). The highest BCUT2D eigenvalue weighted by atomic mass is 79.9. The molecule has 0 radical (unpaired) electrons. The first-order chi connectivity index (χ1) is 9.88. The average molecular weight is 370 g/mol. The summed E-state index contributed by atoms with van der Waals surface area (Å²) in [5.41, 5.74) is 6.77. The molecular formula is C14H10BrClN2O3. The number of aromatic carboxylic acids is 1. The van der Waals surface area contributed by atoms with E-state index in [0.29, 0.717) is 20.9 Å². The molecule has 2 aromatic rings. The molecule has 0 aromatic heterocycles. The highest BCUT2D eigenvalue weighted by Gasteiger charge is 2.12. The van der Waals surface area contributed by atoms with Gasteiger partial charge in [-0.25, -0.2) is 4.79 Å². The van der Waals surface area contributed by atoms with Gasteiger partial charge in [-0.1, -0.05) is 11.6 Å². The first-order valence-corrected chi connectivity index (χ1v) is 6.95. The fourth-order valence-electron chi connectivity index (χ4n) is 1.73. The minimum atomic E-state index is -1.03. The second-order valence-corrected chi connectivity index (χ2v) is 5.47. The Labute approximate surface area is 133 Å². The molecule has 0 saturated carbocycles. The molecule has 0 spiro atoms. The van der Waals surface area contributed by atoms with Crippen LogP contribution in [0.3, 0.4) is 0 Å². The highest BCUT2D eigenvalue weighted by molar-refractivity contribution is 9.10. The number of primary amides is 1. The Morgan fingerprint density at radius 1 is 1.14 bits per heavy atom. The summed E-state index contributed by atoms with van der Waals surface area (Å²) in [7, 11) is 0. The molecule has 0 unspecified atom stereocenters. The predicted octanol–water partition coefficient (Wildman–Crippen LogP) is 3.64. The lowest BCUT2D eigenvalue weighted by Gasteiger charge is -2.12. The van der Waals surface area contributed by atoms with E-state index in [0.717, 1.165) is 0 Å². The number of halogens is 2. The van der Waals surface area contributed by atoms with Crippen LogP contribution in [0.5, 0.6) is 0 Å². The van der Waals surface area contributed by atoms with Gasteiger partial charge in [-0.3, -0.25) is 4.79 Å². The van der Waals surface area contributed by atoms with Gasteiger partial charge in [0.1, 0.15) is 0 Å². The molecule has 0 heterocycles. The predicted molar refractivity (Wildman–Crippen MR) is 84.4 cm³/mol. The third-order valence-corrected chi connectivity index (χ3v) is 3.62. The van der Waals surface area contributed by atoms with Gasteiger partial charge in [-0.15, -0.1) is 0 Å². The third-order valence-electron chi connectivity index (χ3n) is 2.73. The van der Waals surface area contributed by atoms with Crippen LogP contribution in [0.4, 0.5) is 11.4 Å². The van der Waals surface area contributed by atoms with Crippen LogP contribution in [0.25, 0.3) is 0 Å². The van der Waals surface area contributed by atoms with E-state index in [2.05, 4.69) is 21.2 Å². The molecular weight excluding hydrogens is 360 g/mol. The Bertz CT molecular complexity index is 734. The Morgan fingerprint density at radius 2 is 1.86 bits per heavy atom. The third kappa shape index (κ3) is 3.53. The molecule has 0 aliphatic carbocycles. The van der Waals surface area contributed by atoms with Crippen LogP contribution < -0.4 is 11.1 Å². The number of carbonyl (C=O) groups is 2. The zero-order chi connectivity index (χ0) is 15.6. The van der Waals surface area contributed by atoms with Crippen LogP contribution >= 0.6 is 27.5 Å². The van der Waals surface area contributed by atoms with Gasteiger partial charge in [-0.2, -0.15) is 0 Å². The summed E-state index contributed by atoms with van der Waals surface area (Å²) < 4.78 is 0.540. The largest absolute Gasteiger partial charge is 0.478 e. The second-order valence-electron chi connectivity index (χ2n) is 4.18. The Hall–Kier alpha value is -2.05. The molecule has 7 heteroatoms. The van der Waals surface area contributed by atoms with Crippen molar-refractivity contribution < 1.29 is 14.7 Å². The number of hydrogen-bond donors (Lipinski definition) is 3. The summed E-state index contributed by atoms with van der Waals surface area (Å²) in [6, 6.07) is 9.14. The minimum Gasteiger partial charge on any atom is -0.478 e. The van der Waals surface area contributed by atoms with Gasteiger partial charge in [0.05, 0.1) is 22.5 Å². The summed E-state index contributed by atoms with van der Waals surface area (Å²) in [6.07, 6.45) is 0. The normalized spacial score (nSPS) is 10.2. The van der Waals surface area contributed by atoms with Gasteiger partial charge < -0.3 is 16.2 Å². The Kier molecular flexibility index (Phi) is 4.50. The summed E-state index contributed by atoms with van der Waals surface area (Å²) in [4.78, 5) is 22.3. The van der Waals surface area contributed by atoms with Crippen LogP contribution in [0, 0.1) is 0 Å². The van der Waals surface area contributed by atoms with Crippen molar-refractivity contribution in [3.8, 4) is 0 Å². The van der Waals surface area contributed by atoms with E-state index in [-0.39, 0.29) is 11.1 Å². The van der Waals surface area contributed by atoms with Crippen LogP contribution in [0.15, 0.2) is 40.9 Å². The number of carboxylic acid groups (broad SMARTS) is 1. The van der Waals surface area contributed by atoms with Crippen molar-refractivity contribution in [2.24, 2.45) is 5.73 Å². The molecule has 0 atom stereocenters. The van der Waals surface area contributed by atoms with E-state index in [9.17, 15) is 9.59 Å². The van der Waals surface area contributed by atoms with Crippen LogP contribution in [0.2, 0.25) is 5.02 Å². The van der Waals surface area contributed by atoms with Crippen LogP contribution in [0.1, 0.15) is 20.7 Å². The van der Waals surface area contributed by atoms with Gasteiger partial charge in [-0.05, 0) is 52.3 Å². The number of amides is 1. The van der Waals surface area contributed by atoms with E-state index in [1.165, 1.54) is 18.2 Å². The minimum absolute atomic E-state index is 0.147. The highest BCUT2D eigenvalue weighted by Crippen LogP contribution is 2.30. The molecule has 0 saturated heterocycles. The topological polar surface area (TPSA) is 92.4 Å². The molecule has 0 aliphatic heterocycles. The maximum atomic E-state index is 11.4. The summed E-state index contributed by atoms with van der Waals surface area (Å²) in [6.45, 7) is 0. The van der Waals surface area contributed by atoms with E-state index >= 15 is 0 Å². The molecule has 0 aliphatic rings. The number of anilines is 2. The summed E-state index contributed by atoms with van der Waals surface area (Å²) in [5, 5.41) is 12.4. The molecule has 21 heavy (non-hydrogen) atoms. The van der Waals surface area contributed by atoms with E-state index in [1.807, 2.05) is 0 Å². The fourth-order valence-corrected chi connectivity index (χ4v) is 2.38. The van der Waals surface area contributed by atoms with Crippen molar-refractivity contribution in [2.45, 2.75) is 0 Å². The maximum Gasteiger partial charge on any atom is 0.335 e. The lowest BCUT2D eigenvalue weighted by Crippen LogP contribution is -2.13. The summed E-state index contributed by atoms with van der Waals surface area (Å²) >= 11 is 9.19. The van der Waals surface area contributed by atoms with Crippen molar-refractivity contribution in [1.82, 2.24) is 0 Å². The number of hydrogen-bond acceptors (Lipinski definition) is 3. The first-order valence-electron chi connectivity index (χ1n) is 5.77. The quantitative estimate of drug-likeness (QED) is 0.767. The van der Waals surface area contributed by atoms with Gasteiger partial charge in [0.15, 0.2) is 0 Å². The van der Waals surface area contributed by atoms with Crippen molar-refractivity contribution in [3.05, 3.63) is 57.0 Å². The zero-order valence-electron chi connectivity index (χ0n) is 10.6. The molecule has 108 valence electrons. The van der Waals surface area contributed by atoms with Gasteiger partial charge in [0.25, 0.3) is 5.91 Å². The molecule has 1 amide bonds. The van der Waals surface area contributed by atoms with Crippen LogP contribution in [-0.2, 0) is 0 Å². The molecule has 0 bridgehead atoms. The van der Waals surface area contributed by atoms with E-state index in [1.54, 1.807) is 18.2 Å². The van der Waals surface area contributed by atoms with Gasteiger partial charge in [0, 0.05) is 9.50 Å². The number of carboxylic acids is 1. The number of nitrogens with two attached hydrogens (primary N) is 1. The first kappa shape index (κ1) is 15.3. The van der Waals surface area contributed by atoms with E-state index < -0.39 is 11.9 Å². The van der Waals surface area contributed by atoms with Crippen LogP contribution in [-0.4, -0.2) is 17.0 Å². The fraction of sp³-hybridized carbons (Fsp3) is 0. The van der Waals surface area contributed by atoms with Crippen molar-refractivity contribution in [2.75, 3.05) is 5.32 Å². The SMILES string of the molecule is NC(=O)c1ccc(Cl)cc1Nc1ccc(C(=O)O)cc1Br. The van der Waals surface area contributed by atoms with Crippen molar-refractivity contribution in [1.29, 1.82) is 0 Å². The van der Waals surface area contributed by atoms with E-state index in [4.69, 9.17) is 22.4 Å². The molecule has 2 rings (SSSR count). The van der Waals surface area contributed by atoms with Crippen molar-refractivity contribution >= 4 is 50.8 Å². The van der Waals surface area contributed by atoms with Gasteiger partial charge in [0.2, 0.25) is 0 Å². The summed E-state index contributed by atoms with van der Waals surface area (Å²) in [5.74, 6) is -1.62. The second kappa shape index (κ2) is 6.15. The lowest BCUT2D eigenvalue weighted by molar-refractivity contribution is 0.0696. The zero-order valence-corrected chi connectivity index (χ0v) is 12.9. The van der Waals surface area contributed by atoms with Gasteiger partial charge >= 0.3 is 5.97 Å². The van der Waals surface area contributed by atoms with Crippen molar-refractivity contribution in [3.63, 3.8) is 0 Å². The Balaban J connectivity index is 2.40. The molecule has 2 aromatic carbocycles. The number of benzene rings is 2.